The third-order valence-electron chi connectivity index (χ3n) is 3.96. The molecule has 0 saturated carbocycles. The van der Waals surface area contributed by atoms with Gasteiger partial charge in [0.25, 0.3) is 5.91 Å². The molecule has 2 rings (SSSR count). The van der Waals surface area contributed by atoms with E-state index in [-0.39, 0.29) is 5.56 Å². The summed E-state index contributed by atoms with van der Waals surface area (Å²) in [7, 11) is 3.04. The van der Waals surface area contributed by atoms with E-state index in [4.69, 9.17) is 18.9 Å². The Bertz CT molecular complexity index is 849. The predicted molar refractivity (Wildman–Crippen MR) is 110 cm³/mol. The Balaban J connectivity index is 2.01. The lowest BCUT2D eigenvalue weighted by Crippen LogP contribution is -2.30. The highest BCUT2D eigenvalue weighted by Gasteiger charge is 2.20. The first kappa shape index (κ1) is 22.1. The molecule has 0 unspecified atom stereocenters. The zero-order valence-electron chi connectivity index (χ0n) is 17.4. The van der Waals surface area contributed by atoms with E-state index in [1.165, 1.54) is 20.1 Å². The molecular formula is C22H27NO6. The third kappa shape index (κ3) is 6.41. The van der Waals surface area contributed by atoms with Crippen LogP contribution in [0.3, 0.4) is 0 Å². The van der Waals surface area contributed by atoms with Crippen LogP contribution in [0.4, 0.5) is 5.69 Å². The molecule has 0 radical (unpaired) electrons. The molecule has 0 aromatic heterocycles. The van der Waals surface area contributed by atoms with Crippen LogP contribution in [0.25, 0.3) is 0 Å². The van der Waals surface area contributed by atoms with Gasteiger partial charge in [0.1, 0.15) is 5.75 Å². The van der Waals surface area contributed by atoms with Crippen molar-refractivity contribution in [2.45, 2.75) is 26.9 Å². The summed E-state index contributed by atoms with van der Waals surface area (Å²) in [5.41, 5.74) is 0.811. The monoisotopic (exact) mass is 401 g/mol. The number of ether oxygens (including phenoxy) is 4. The number of methoxy groups -OCH3 is 2. The molecule has 2 aromatic rings. The molecular weight excluding hydrogens is 374 g/mol. The molecule has 0 saturated heterocycles. The summed E-state index contributed by atoms with van der Waals surface area (Å²) in [6.45, 7) is 6.11. The van der Waals surface area contributed by atoms with Crippen molar-refractivity contribution >= 4 is 17.6 Å². The van der Waals surface area contributed by atoms with Gasteiger partial charge in [0.2, 0.25) is 0 Å². The number of amides is 1. The van der Waals surface area contributed by atoms with E-state index in [1.54, 1.807) is 43.5 Å². The fraction of sp³-hybridized carbons (Fsp3) is 0.364. The average Bonchev–Trinajstić information content (AvgIpc) is 2.71. The van der Waals surface area contributed by atoms with E-state index in [9.17, 15) is 9.59 Å². The van der Waals surface area contributed by atoms with Crippen molar-refractivity contribution in [2.75, 3.05) is 26.1 Å². The minimum atomic E-state index is -0.989. The molecule has 0 aliphatic rings. The van der Waals surface area contributed by atoms with Gasteiger partial charge in [0, 0.05) is 11.8 Å². The largest absolute Gasteiger partial charge is 0.497 e. The van der Waals surface area contributed by atoms with E-state index >= 15 is 0 Å². The van der Waals surface area contributed by atoms with Crippen molar-refractivity contribution < 1.29 is 28.5 Å². The molecule has 7 nitrogen and oxygen atoms in total. The second-order valence-corrected chi connectivity index (χ2v) is 6.84. The van der Waals surface area contributed by atoms with Crippen molar-refractivity contribution in [3.8, 4) is 17.2 Å². The first-order valence-corrected chi connectivity index (χ1v) is 9.30. The molecule has 156 valence electrons. The second kappa shape index (κ2) is 10.4. The summed E-state index contributed by atoms with van der Waals surface area (Å²) in [6, 6.07) is 11.7. The number of esters is 1. The van der Waals surface area contributed by atoms with Gasteiger partial charge < -0.3 is 24.3 Å². The van der Waals surface area contributed by atoms with Crippen LogP contribution >= 0.6 is 0 Å². The lowest BCUT2D eigenvalue weighted by molar-refractivity contribution is -0.123. The number of rotatable bonds is 9. The SMILES string of the molecule is COc1cccc(NC(=O)[C@@H](C)OC(=O)c2ccc(OCC(C)C)c(OC)c2)c1. The van der Waals surface area contributed by atoms with Crippen LogP contribution in [0.5, 0.6) is 17.2 Å². The Morgan fingerprint density at radius 2 is 1.72 bits per heavy atom. The quantitative estimate of drug-likeness (QED) is 0.641. The van der Waals surface area contributed by atoms with Crippen molar-refractivity contribution in [3.05, 3.63) is 48.0 Å². The van der Waals surface area contributed by atoms with Gasteiger partial charge in [-0.25, -0.2) is 4.79 Å². The topological polar surface area (TPSA) is 83.1 Å². The fourth-order valence-electron chi connectivity index (χ4n) is 2.40. The number of hydrogen-bond acceptors (Lipinski definition) is 6. The van der Waals surface area contributed by atoms with Gasteiger partial charge in [0.15, 0.2) is 17.6 Å². The molecule has 0 aliphatic carbocycles. The number of benzene rings is 2. The highest BCUT2D eigenvalue weighted by molar-refractivity contribution is 5.97. The van der Waals surface area contributed by atoms with Crippen molar-refractivity contribution in [3.63, 3.8) is 0 Å². The maximum absolute atomic E-state index is 12.4. The number of anilines is 1. The highest BCUT2D eigenvalue weighted by Crippen LogP contribution is 2.29. The zero-order chi connectivity index (χ0) is 21.4. The third-order valence-corrected chi connectivity index (χ3v) is 3.96. The van der Waals surface area contributed by atoms with Crippen LogP contribution in [0.15, 0.2) is 42.5 Å². The van der Waals surface area contributed by atoms with Gasteiger partial charge in [-0.1, -0.05) is 19.9 Å². The maximum atomic E-state index is 12.4. The van der Waals surface area contributed by atoms with E-state index in [2.05, 4.69) is 5.32 Å². The molecule has 1 N–H and O–H groups in total. The molecule has 2 aromatic carbocycles. The smallest absolute Gasteiger partial charge is 0.339 e. The molecule has 1 atom stereocenters. The van der Waals surface area contributed by atoms with Crippen LogP contribution in [-0.4, -0.2) is 38.8 Å². The molecule has 0 spiro atoms. The molecule has 1 amide bonds. The number of hydrogen-bond donors (Lipinski definition) is 1. The van der Waals surface area contributed by atoms with E-state index in [0.29, 0.717) is 35.5 Å². The lowest BCUT2D eigenvalue weighted by Gasteiger charge is -2.16. The Kier molecular flexibility index (Phi) is 7.88. The number of carbonyl (C=O) groups is 2. The van der Waals surface area contributed by atoms with Crippen LogP contribution in [-0.2, 0) is 9.53 Å². The highest BCUT2D eigenvalue weighted by atomic mass is 16.5. The van der Waals surface area contributed by atoms with Crippen LogP contribution in [0.2, 0.25) is 0 Å². The molecule has 0 aliphatic heterocycles. The standard InChI is InChI=1S/C22H27NO6/c1-14(2)13-28-19-10-9-16(11-20(19)27-5)22(25)29-15(3)21(24)23-17-7-6-8-18(12-17)26-4/h6-12,14-15H,13H2,1-5H3,(H,23,24)/t15-/m1/s1. The Hall–Kier alpha value is -3.22. The molecule has 0 bridgehead atoms. The zero-order valence-corrected chi connectivity index (χ0v) is 17.4. The van der Waals surface area contributed by atoms with Gasteiger partial charge in [-0.15, -0.1) is 0 Å². The van der Waals surface area contributed by atoms with Gasteiger partial charge in [-0.2, -0.15) is 0 Å². The summed E-state index contributed by atoms with van der Waals surface area (Å²) >= 11 is 0. The van der Waals surface area contributed by atoms with Crippen molar-refractivity contribution in [1.82, 2.24) is 0 Å². The minimum Gasteiger partial charge on any atom is -0.497 e. The molecule has 0 heterocycles. The average molecular weight is 401 g/mol. The Labute approximate surface area is 170 Å². The van der Waals surface area contributed by atoms with Crippen LogP contribution < -0.4 is 19.5 Å². The van der Waals surface area contributed by atoms with E-state index < -0.39 is 18.0 Å². The van der Waals surface area contributed by atoms with Crippen molar-refractivity contribution in [1.29, 1.82) is 0 Å². The number of carbonyl (C=O) groups excluding carboxylic acids is 2. The molecule has 29 heavy (non-hydrogen) atoms. The van der Waals surface area contributed by atoms with Gasteiger partial charge in [0.05, 0.1) is 26.4 Å². The summed E-state index contributed by atoms with van der Waals surface area (Å²) in [5, 5.41) is 2.69. The van der Waals surface area contributed by atoms with Gasteiger partial charge in [-0.3, -0.25) is 4.79 Å². The van der Waals surface area contributed by atoms with Crippen LogP contribution in [0.1, 0.15) is 31.1 Å². The van der Waals surface area contributed by atoms with Crippen molar-refractivity contribution in [2.24, 2.45) is 5.92 Å². The number of nitrogens with one attached hydrogen (secondary N) is 1. The van der Waals surface area contributed by atoms with Gasteiger partial charge in [-0.05, 0) is 43.2 Å². The summed E-state index contributed by atoms with van der Waals surface area (Å²) in [5.74, 6) is 0.852. The Morgan fingerprint density at radius 1 is 0.966 bits per heavy atom. The first-order valence-electron chi connectivity index (χ1n) is 9.30. The lowest BCUT2D eigenvalue weighted by atomic mass is 10.2. The summed E-state index contributed by atoms with van der Waals surface area (Å²) in [6.07, 6.45) is -0.989. The molecule has 7 heteroatoms. The second-order valence-electron chi connectivity index (χ2n) is 6.84. The normalized spacial score (nSPS) is 11.5. The molecule has 0 fully saturated rings. The maximum Gasteiger partial charge on any atom is 0.339 e. The van der Waals surface area contributed by atoms with Crippen LogP contribution in [0, 0.1) is 5.92 Å². The summed E-state index contributed by atoms with van der Waals surface area (Å²) in [4.78, 5) is 24.8. The van der Waals surface area contributed by atoms with E-state index in [0.717, 1.165) is 0 Å². The van der Waals surface area contributed by atoms with Gasteiger partial charge >= 0.3 is 5.97 Å². The first-order chi connectivity index (χ1) is 13.8. The predicted octanol–water partition coefficient (Wildman–Crippen LogP) is 3.92. The Morgan fingerprint density at radius 3 is 2.38 bits per heavy atom. The minimum absolute atomic E-state index is 0.264. The fourth-order valence-corrected chi connectivity index (χ4v) is 2.40. The summed E-state index contributed by atoms with van der Waals surface area (Å²) < 4.78 is 21.4. The van der Waals surface area contributed by atoms with E-state index in [1.807, 2.05) is 13.8 Å².